The van der Waals surface area contributed by atoms with Gasteiger partial charge in [0.1, 0.15) is 11.6 Å². The average molecular weight is 620 g/mol. The maximum Gasteiger partial charge on any atom is 0.416 e. The number of aliphatic hydroxyl groups is 1. The number of carbonyl (C=O) groups is 2. The van der Waals surface area contributed by atoms with E-state index in [0.29, 0.717) is 30.3 Å². The maximum atomic E-state index is 13.9. The monoisotopic (exact) mass is 619 g/mol. The van der Waals surface area contributed by atoms with Crippen LogP contribution in [0.2, 0.25) is 0 Å². The Bertz CT molecular complexity index is 1420. The van der Waals surface area contributed by atoms with Crippen molar-refractivity contribution in [2.24, 2.45) is 5.73 Å². The molecule has 0 unspecified atom stereocenters. The molecule has 0 heterocycles. The van der Waals surface area contributed by atoms with Gasteiger partial charge < -0.3 is 20.6 Å². The summed E-state index contributed by atoms with van der Waals surface area (Å²) in [6, 6.07) is 10.9. The summed E-state index contributed by atoms with van der Waals surface area (Å²) in [4.78, 5) is 30.1. The van der Waals surface area contributed by atoms with Gasteiger partial charge in [0, 0.05) is 49.4 Å². The SMILES string of the molecule is CCCN(CCC)C(=O)c1cc(C)cc(C(=O)N(Cc2cccc(C(F)(F)F)c2)C[C@@H](O)[C@@H](N)Cc2cc(F)cc(F)c2)c1. The fourth-order valence-electron chi connectivity index (χ4n) is 5.03. The highest BCUT2D eigenvalue weighted by molar-refractivity contribution is 6.00. The lowest BCUT2D eigenvalue weighted by Crippen LogP contribution is -2.46. The van der Waals surface area contributed by atoms with Crippen molar-refractivity contribution in [2.75, 3.05) is 19.6 Å². The smallest absolute Gasteiger partial charge is 0.390 e. The molecule has 238 valence electrons. The van der Waals surface area contributed by atoms with Crippen LogP contribution in [0.3, 0.4) is 0 Å². The third-order valence-electron chi connectivity index (χ3n) is 7.06. The summed E-state index contributed by atoms with van der Waals surface area (Å²) in [6.45, 7) is 5.98. The molecule has 3 aromatic rings. The first-order valence-corrected chi connectivity index (χ1v) is 14.5. The molecule has 0 aliphatic carbocycles. The molecule has 0 aromatic heterocycles. The lowest BCUT2D eigenvalue weighted by atomic mass is 10.00. The van der Waals surface area contributed by atoms with E-state index in [1.807, 2.05) is 13.8 Å². The van der Waals surface area contributed by atoms with Gasteiger partial charge in [0.15, 0.2) is 0 Å². The second kappa shape index (κ2) is 15.3. The Kier molecular flexibility index (Phi) is 12.0. The number of amides is 2. The second-order valence-electron chi connectivity index (χ2n) is 11.0. The van der Waals surface area contributed by atoms with Gasteiger partial charge in [-0.3, -0.25) is 9.59 Å². The van der Waals surface area contributed by atoms with Crippen molar-refractivity contribution < 1.29 is 36.6 Å². The van der Waals surface area contributed by atoms with Crippen molar-refractivity contribution in [1.82, 2.24) is 9.80 Å². The molecule has 44 heavy (non-hydrogen) atoms. The van der Waals surface area contributed by atoms with Gasteiger partial charge in [0.25, 0.3) is 11.8 Å². The topological polar surface area (TPSA) is 86.9 Å². The van der Waals surface area contributed by atoms with Gasteiger partial charge in [-0.1, -0.05) is 26.0 Å². The number of aryl methyl sites for hydroxylation is 1. The number of nitrogens with two attached hydrogens (primary N) is 1. The number of halogens is 5. The zero-order chi connectivity index (χ0) is 32.6. The molecule has 0 aliphatic rings. The van der Waals surface area contributed by atoms with Gasteiger partial charge in [-0.2, -0.15) is 13.2 Å². The molecule has 2 atom stereocenters. The molecule has 3 aromatic carbocycles. The zero-order valence-electron chi connectivity index (χ0n) is 25.0. The number of hydrogen-bond acceptors (Lipinski definition) is 4. The third kappa shape index (κ3) is 9.59. The molecule has 3 N–H and O–H groups in total. The molecule has 11 heteroatoms. The van der Waals surface area contributed by atoms with E-state index in [-0.39, 0.29) is 35.6 Å². The summed E-state index contributed by atoms with van der Waals surface area (Å²) < 4.78 is 67.7. The number of carbonyl (C=O) groups excluding carboxylic acids is 2. The van der Waals surface area contributed by atoms with Crippen molar-refractivity contribution in [1.29, 1.82) is 0 Å². The summed E-state index contributed by atoms with van der Waals surface area (Å²) >= 11 is 0. The molecule has 0 fully saturated rings. The van der Waals surface area contributed by atoms with Gasteiger partial charge in [0.2, 0.25) is 0 Å². The van der Waals surface area contributed by atoms with Gasteiger partial charge in [-0.15, -0.1) is 0 Å². The van der Waals surface area contributed by atoms with Gasteiger partial charge in [0.05, 0.1) is 11.7 Å². The van der Waals surface area contributed by atoms with E-state index >= 15 is 0 Å². The number of hydrogen-bond donors (Lipinski definition) is 2. The highest BCUT2D eigenvalue weighted by Crippen LogP contribution is 2.30. The fourth-order valence-corrected chi connectivity index (χ4v) is 5.03. The molecular formula is C33H38F5N3O3. The molecule has 6 nitrogen and oxygen atoms in total. The van der Waals surface area contributed by atoms with Crippen molar-refractivity contribution >= 4 is 11.8 Å². The zero-order valence-corrected chi connectivity index (χ0v) is 25.0. The first-order valence-electron chi connectivity index (χ1n) is 14.5. The number of nitrogens with zero attached hydrogens (tertiary/aromatic N) is 2. The minimum absolute atomic E-state index is 0.112. The van der Waals surface area contributed by atoms with Crippen LogP contribution in [0, 0.1) is 18.6 Å². The van der Waals surface area contributed by atoms with E-state index in [1.54, 1.807) is 24.0 Å². The summed E-state index contributed by atoms with van der Waals surface area (Å²) in [5, 5.41) is 11.0. The summed E-state index contributed by atoms with van der Waals surface area (Å²) in [5.74, 6) is -2.52. The van der Waals surface area contributed by atoms with E-state index in [9.17, 15) is 36.6 Å². The minimum Gasteiger partial charge on any atom is -0.390 e. The number of rotatable bonds is 13. The van der Waals surface area contributed by atoms with E-state index in [0.717, 1.165) is 42.0 Å². The Labute approximate surface area is 254 Å². The highest BCUT2D eigenvalue weighted by Gasteiger charge is 2.31. The summed E-state index contributed by atoms with van der Waals surface area (Å²) in [6.07, 6.45) is -4.66. The van der Waals surface area contributed by atoms with Gasteiger partial charge >= 0.3 is 6.18 Å². The number of alkyl halides is 3. The van der Waals surface area contributed by atoms with Gasteiger partial charge in [-0.25, -0.2) is 8.78 Å². The van der Waals surface area contributed by atoms with Crippen molar-refractivity contribution in [3.05, 3.63) is 106 Å². The van der Waals surface area contributed by atoms with E-state index < -0.39 is 48.0 Å². The first kappa shape index (κ1) is 34.7. The molecule has 0 bridgehead atoms. The Morgan fingerprint density at radius 3 is 1.95 bits per heavy atom. The summed E-state index contributed by atoms with van der Waals surface area (Å²) in [7, 11) is 0. The Morgan fingerprint density at radius 1 is 0.841 bits per heavy atom. The fraction of sp³-hybridized carbons (Fsp3) is 0.394. The van der Waals surface area contributed by atoms with Crippen LogP contribution in [0.15, 0.2) is 60.7 Å². The molecule has 3 rings (SSSR count). The van der Waals surface area contributed by atoms with Crippen LogP contribution in [0.1, 0.15) is 69.7 Å². The lowest BCUT2D eigenvalue weighted by Gasteiger charge is -2.29. The molecule has 0 radical (unpaired) electrons. The molecular weight excluding hydrogens is 581 g/mol. The predicted octanol–water partition coefficient (Wildman–Crippen LogP) is 6.13. The molecule has 0 spiro atoms. The first-order chi connectivity index (χ1) is 20.7. The van der Waals surface area contributed by atoms with Crippen LogP contribution < -0.4 is 5.73 Å². The third-order valence-corrected chi connectivity index (χ3v) is 7.06. The van der Waals surface area contributed by atoms with Crippen LogP contribution >= 0.6 is 0 Å². The highest BCUT2D eigenvalue weighted by atomic mass is 19.4. The van der Waals surface area contributed by atoms with Gasteiger partial charge in [-0.05, 0) is 85.3 Å². The quantitative estimate of drug-likeness (QED) is 0.226. The van der Waals surface area contributed by atoms with Crippen molar-refractivity contribution in [2.45, 2.75) is 64.9 Å². The van der Waals surface area contributed by atoms with Crippen LogP contribution in [0.4, 0.5) is 22.0 Å². The summed E-state index contributed by atoms with van der Waals surface area (Å²) in [5.41, 5.74) is 6.63. The lowest BCUT2D eigenvalue weighted by molar-refractivity contribution is -0.137. The normalized spacial score (nSPS) is 13.0. The van der Waals surface area contributed by atoms with Crippen LogP contribution in [0.25, 0.3) is 0 Å². The van der Waals surface area contributed by atoms with Crippen LogP contribution in [0.5, 0.6) is 0 Å². The van der Waals surface area contributed by atoms with E-state index in [1.165, 1.54) is 18.2 Å². The van der Waals surface area contributed by atoms with Crippen molar-refractivity contribution in [3.63, 3.8) is 0 Å². The van der Waals surface area contributed by atoms with Crippen LogP contribution in [-0.2, 0) is 19.1 Å². The number of benzene rings is 3. The minimum atomic E-state index is -4.61. The largest absolute Gasteiger partial charge is 0.416 e. The Balaban J connectivity index is 1.95. The average Bonchev–Trinajstić information content (AvgIpc) is 2.94. The van der Waals surface area contributed by atoms with Crippen molar-refractivity contribution in [3.8, 4) is 0 Å². The van der Waals surface area contributed by atoms with E-state index in [4.69, 9.17) is 5.73 Å². The second-order valence-corrected chi connectivity index (χ2v) is 11.0. The maximum absolute atomic E-state index is 13.9. The van der Waals surface area contributed by atoms with E-state index in [2.05, 4.69) is 0 Å². The van der Waals surface area contributed by atoms with Crippen LogP contribution in [-0.4, -0.2) is 58.5 Å². The standard InChI is InChI=1S/C33H38F5N3O3/c1-4-9-40(10-5-2)31(43)24-11-21(3)12-25(17-24)32(44)41(19-22-7-6-8-26(13-22)33(36,37)38)20-30(42)29(39)16-23-14-27(34)18-28(35)15-23/h6-8,11-15,17-18,29-30,42H,4-5,9-10,16,19-20,39H2,1-3H3/t29-,30+/m0/s1. The molecule has 2 amide bonds. The molecule has 0 saturated carbocycles. The number of aliphatic hydroxyl groups excluding tert-OH is 1. The molecule has 0 aliphatic heterocycles. The predicted molar refractivity (Wildman–Crippen MR) is 158 cm³/mol. The Hall–Kier alpha value is -3.83. The Morgan fingerprint density at radius 2 is 1.41 bits per heavy atom. The molecule has 0 saturated heterocycles.